The van der Waals surface area contributed by atoms with Gasteiger partial charge in [-0.1, -0.05) is 0 Å². The first-order valence-corrected chi connectivity index (χ1v) is 13.4. The molecule has 0 aromatic heterocycles. The van der Waals surface area contributed by atoms with Crippen molar-refractivity contribution >= 4 is 11.9 Å². The standard InChI is InChI=1S/2C13H20O7/c2*1-11(2)17-5-7(18-11)9-13(20-12(3,4)19-9)6-16-10(15)8(13)14/h2*7-9,14H,5-6H2,1-4H3/t2*7-,8-,9-,13+/m11/s1. The number of cyclic esters (lactones) is 2. The predicted molar refractivity (Wildman–Crippen MR) is 129 cm³/mol. The van der Waals surface area contributed by atoms with Crippen LogP contribution in [0.4, 0.5) is 0 Å². The lowest BCUT2D eigenvalue weighted by molar-refractivity contribution is -0.180. The van der Waals surface area contributed by atoms with Gasteiger partial charge < -0.3 is 57.6 Å². The molecule has 0 bridgehead atoms. The van der Waals surface area contributed by atoms with Crippen molar-refractivity contribution in [3.63, 3.8) is 0 Å². The van der Waals surface area contributed by atoms with Gasteiger partial charge in [0.2, 0.25) is 0 Å². The molecule has 6 aliphatic rings. The summed E-state index contributed by atoms with van der Waals surface area (Å²) < 4.78 is 55.9. The zero-order valence-corrected chi connectivity index (χ0v) is 24.1. The molecule has 8 atom stereocenters. The highest BCUT2D eigenvalue weighted by Crippen LogP contribution is 2.47. The maximum Gasteiger partial charge on any atom is 0.338 e. The highest BCUT2D eigenvalue weighted by Gasteiger charge is 2.68. The maximum atomic E-state index is 11.6. The SMILES string of the molecule is CC1(C)OC[C@H]([C@H]2OC(C)(C)O[C@]23COC(=O)[C@H]3O)O1.CC1(C)OC[C@H]([C@H]2OC(C)(C)O[C@]23COC(=O)[C@H]3O)O1. The summed E-state index contributed by atoms with van der Waals surface area (Å²) in [6.07, 6.45) is -4.92. The monoisotopic (exact) mass is 576 g/mol. The second kappa shape index (κ2) is 9.53. The molecule has 6 fully saturated rings. The average molecular weight is 577 g/mol. The molecule has 14 heteroatoms. The van der Waals surface area contributed by atoms with Crippen LogP contribution in [0.2, 0.25) is 0 Å². The smallest absolute Gasteiger partial charge is 0.338 e. The van der Waals surface area contributed by atoms with Crippen LogP contribution in [0.1, 0.15) is 55.4 Å². The predicted octanol–water partition coefficient (Wildman–Crippen LogP) is -0.108. The Labute approximate surface area is 232 Å². The van der Waals surface area contributed by atoms with Crippen molar-refractivity contribution < 1.29 is 67.2 Å². The fourth-order valence-corrected chi connectivity index (χ4v) is 6.13. The van der Waals surface area contributed by atoms with E-state index in [1.807, 2.05) is 0 Å². The van der Waals surface area contributed by atoms with Gasteiger partial charge in [0.1, 0.15) is 37.6 Å². The largest absolute Gasteiger partial charge is 0.460 e. The topological polar surface area (TPSA) is 167 Å². The summed E-state index contributed by atoms with van der Waals surface area (Å²) in [5, 5.41) is 20.3. The molecule has 228 valence electrons. The number of carbonyl (C=O) groups is 2. The first-order valence-electron chi connectivity index (χ1n) is 13.4. The van der Waals surface area contributed by atoms with Crippen LogP contribution in [0.15, 0.2) is 0 Å². The first kappa shape index (κ1) is 30.0. The van der Waals surface area contributed by atoms with E-state index in [4.69, 9.17) is 47.4 Å². The van der Waals surface area contributed by atoms with E-state index in [0.717, 1.165) is 0 Å². The molecule has 2 N–H and O–H groups in total. The second-order valence-electron chi connectivity index (χ2n) is 12.7. The van der Waals surface area contributed by atoms with Gasteiger partial charge in [0.05, 0.1) is 13.2 Å². The number of aliphatic hydroxyl groups excluding tert-OH is 2. The summed E-state index contributed by atoms with van der Waals surface area (Å²) >= 11 is 0. The summed E-state index contributed by atoms with van der Waals surface area (Å²) in [6.45, 7) is 14.6. The van der Waals surface area contributed by atoms with Crippen molar-refractivity contribution in [1.82, 2.24) is 0 Å². The fourth-order valence-electron chi connectivity index (χ4n) is 6.13. The summed E-state index contributed by atoms with van der Waals surface area (Å²) in [5.74, 6) is -4.72. The van der Waals surface area contributed by atoms with Crippen molar-refractivity contribution in [2.24, 2.45) is 0 Å². The summed E-state index contributed by atoms with van der Waals surface area (Å²) in [7, 11) is 0. The Hall–Kier alpha value is -1.46. The third-order valence-electron chi connectivity index (χ3n) is 7.64. The van der Waals surface area contributed by atoms with E-state index in [0.29, 0.717) is 13.2 Å². The molecular formula is C26H40O14. The molecule has 6 heterocycles. The number of aliphatic hydroxyl groups is 2. The third-order valence-corrected chi connectivity index (χ3v) is 7.64. The normalized spacial score (nSPS) is 46.0. The van der Waals surface area contributed by atoms with Gasteiger partial charge in [0.25, 0.3) is 0 Å². The molecule has 6 aliphatic heterocycles. The molecule has 0 aliphatic carbocycles. The van der Waals surface area contributed by atoms with Gasteiger partial charge in [-0.05, 0) is 55.4 Å². The summed E-state index contributed by atoms with van der Waals surface area (Å²) in [5.41, 5.74) is -2.48. The summed E-state index contributed by atoms with van der Waals surface area (Å²) in [6, 6.07) is 0. The van der Waals surface area contributed by atoms with Crippen molar-refractivity contribution in [1.29, 1.82) is 0 Å². The molecule has 0 radical (unpaired) electrons. The molecule has 40 heavy (non-hydrogen) atoms. The van der Waals surface area contributed by atoms with Crippen molar-refractivity contribution in [2.75, 3.05) is 26.4 Å². The van der Waals surface area contributed by atoms with E-state index in [9.17, 15) is 19.8 Å². The summed E-state index contributed by atoms with van der Waals surface area (Å²) in [4.78, 5) is 23.1. The Morgan fingerprint density at radius 3 is 1.18 bits per heavy atom. The molecule has 6 rings (SSSR count). The lowest BCUT2D eigenvalue weighted by Gasteiger charge is -2.31. The zero-order valence-electron chi connectivity index (χ0n) is 24.1. The maximum absolute atomic E-state index is 11.6. The molecule has 0 saturated carbocycles. The van der Waals surface area contributed by atoms with Crippen molar-refractivity contribution in [3.05, 3.63) is 0 Å². The lowest BCUT2D eigenvalue weighted by atomic mass is 9.89. The number of esters is 2. The van der Waals surface area contributed by atoms with E-state index < -0.39 is 82.9 Å². The Morgan fingerprint density at radius 2 is 0.925 bits per heavy atom. The van der Waals surface area contributed by atoms with Crippen molar-refractivity contribution in [3.8, 4) is 0 Å². The van der Waals surface area contributed by atoms with E-state index in [2.05, 4.69) is 0 Å². The molecule has 2 spiro atoms. The van der Waals surface area contributed by atoms with Crippen LogP contribution in [0.3, 0.4) is 0 Å². The van der Waals surface area contributed by atoms with Gasteiger partial charge in [-0.3, -0.25) is 0 Å². The van der Waals surface area contributed by atoms with Crippen LogP contribution >= 0.6 is 0 Å². The highest BCUT2D eigenvalue weighted by atomic mass is 16.8. The molecular weight excluding hydrogens is 536 g/mol. The van der Waals surface area contributed by atoms with E-state index in [-0.39, 0.29) is 13.2 Å². The molecule has 0 aromatic carbocycles. The van der Waals surface area contributed by atoms with Crippen LogP contribution < -0.4 is 0 Å². The number of rotatable bonds is 2. The van der Waals surface area contributed by atoms with Gasteiger partial charge in [-0.2, -0.15) is 0 Å². The number of hydrogen-bond donors (Lipinski definition) is 2. The molecule has 6 saturated heterocycles. The quantitative estimate of drug-likeness (QED) is 0.418. The Bertz CT molecular complexity index is 945. The minimum Gasteiger partial charge on any atom is -0.460 e. The Balaban J connectivity index is 0.000000161. The van der Waals surface area contributed by atoms with Crippen LogP contribution in [0.25, 0.3) is 0 Å². The average Bonchev–Trinajstić information content (AvgIpc) is 3.63. The first-order chi connectivity index (χ1) is 18.3. The van der Waals surface area contributed by atoms with Crippen LogP contribution in [-0.4, -0.2) is 120 Å². The Morgan fingerprint density at radius 1 is 0.575 bits per heavy atom. The minimum atomic E-state index is -1.39. The molecule has 14 nitrogen and oxygen atoms in total. The zero-order chi connectivity index (χ0) is 29.5. The van der Waals surface area contributed by atoms with Crippen LogP contribution in [-0.2, 0) is 57.0 Å². The van der Waals surface area contributed by atoms with Crippen LogP contribution in [0.5, 0.6) is 0 Å². The third kappa shape index (κ3) is 5.16. The van der Waals surface area contributed by atoms with Gasteiger partial charge >= 0.3 is 11.9 Å². The van der Waals surface area contributed by atoms with Crippen LogP contribution in [0, 0.1) is 0 Å². The second-order valence-corrected chi connectivity index (χ2v) is 12.7. The highest BCUT2D eigenvalue weighted by molar-refractivity contribution is 5.79. The minimum absolute atomic E-state index is 0.0542. The van der Waals surface area contributed by atoms with Gasteiger partial charge in [0, 0.05) is 0 Å². The molecule has 0 amide bonds. The lowest BCUT2D eigenvalue weighted by Crippen LogP contribution is -2.56. The number of carbonyl (C=O) groups excluding carboxylic acids is 2. The number of hydrogen-bond acceptors (Lipinski definition) is 14. The van der Waals surface area contributed by atoms with E-state index in [1.54, 1.807) is 55.4 Å². The van der Waals surface area contributed by atoms with E-state index >= 15 is 0 Å². The number of ether oxygens (including phenoxy) is 10. The van der Waals surface area contributed by atoms with E-state index in [1.165, 1.54) is 0 Å². The fraction of sp³-hybridized carbons (Fsp3) is 0.923. The molecule has 0 aromatic rings. The van der Waals surface area contributed by atoms with Gasteiger partial charge in [-0.15, -0.1) is 0 Å². The van der Waals surface area contributed by atoms with Crippen molar-refractivity contribution in [2.45, 2.75) is 126 Å². The van der Waals surface area contributed by atoms with Gasteiger partial charge in [0.15, 0.2) is 46.6 Å². The molecule has 0 unspecified atom stereocenters. The Kier molecular flexibility index (Phi) is 7.15. The van der Waals surface area contributed by atoms with Gasteiger partial charge in [-0.25, -0.2) is 9.59 Å².